The largest absolute Gasteiger partial charge is 0.481 e. The number of aromatic nitrogens is 1. The van der Waals surface area contributed by atoms with E-state index in [1.165, 1.54) is 0 Å². The van der Waals surface area contributed by atoms with Crippen LogP contribution in [0.3, 0.4) is 0 Å². The van der Waals surface area contributed by atoms with E-state index in [0.29, 0.717) is 13.1 Å². The number of carbonyl (C=O) groups is 1. The van der Waals surface area contributed by atoms with Gasteiger partial charge in [-0.3, -0.25) is 9.69 Å². The molecule has 1 fully saturated rings. The Morgan fingerprint density at radius 1 is 1.24 bits per heavy atom. The van der Waals surface area contributed by atoms with Gasteiger partial charge in [0.15, 0.2) is 6.10 Å². The standard InChI is InChI=1S/C19H25N3O3/c1-14-6-4-5-7-18(14)24-16(3)19(23)22-10-8-21(9-11-22)13-17-12-20-25-15(17)2/h4-7,12,16H,8-11,13H2,1-3H3/t16-/m1/s1. The summed E-state index contributed by atoms with van der Waals surface area (Å²) in [7, 11) is 0. The minimum Gasteiger partial charge on any atom is -0.481 e. The van der Waals surface area contributed by atoms with Gasteiger partial charge in [0.2, 0.25) is 0 Å². The van der Waals surface area contributed by atoms with Crippen molar-refractivity contribution in [3.63, 3.8) is 0 Å². The van der Waals surface area contributed by atoms with Crippen molar-refractivity contribution < 1.29 is 14.1 Å². The molecule has 2 aromatic rings. The molecular formula is C19H25N3O3. The number of benzene rings is 1. The molecule has 6 heteroatoms. The molecule has 1 aliphatic rings. The predicted molar refractivity (Wildman–Crippen MR) is 94.4 cm³/mol. The maximum atomic E-state index is 12.6. The van der Waals surface area contributed by atoms with Gasteiger partial charge in [-0.25, -0.2) is 0 Å². The molecule has 6 nitrogen and oxygen atoms in total. The Balaban J connectivity index is 1.51. The molecule has 25 heavy (non-hydrogen) atoms. The fraction of sp³-hybridized carbons (Fsp3) is 0.474. The molecular weight excluding hydrogens is 318 g/mol. The second-order valence-corrected chi connectivity index (χ2v) is 6.53. The van der Waals surface area contributed by atoms with Gasteiger partial charge >= 0.3 is 0 Å². The number of ether oxygens (including phenoxy) is 1. The van der Waals surface area contributed by atoms with Crippen LogP contribution >= 0.6 is 0 Å². The molecule has 1 aromatic carbocycles. The van der Waals surface area contributed by atoms with E-state index in [1.54, 1.807) is 6.20 Å². The van der Waals surface area contributed by atoms with Crippen LogP contribution in [0.25, 0.3) is 0 Å². The predicted octanol–water partition coefficient (Wildman–Crippen LogP) is 2.40. The van der Waals surface area contributed by atoms with Gasteiger partial charge < -0.3 is 14.2 Å². The molecule has 1 saturated heterocycles. The molecule has 1 aliphatic heterocycles. The monoisotopic (exact) mass is 343 g/mol. The van der Waals surface area contributed by atoms with Crippen LogP contribution < -0.4 is 4.74 Å². The Morgan fingerprint density at radius 3 is 2.60 bits per heavy atom. The Labute approximate surface area is 148 Å². The van der Waals surface area contributed by atoms with E-state index >= 15 is 0 Å². The quantitative estimate of drug-likeness (QED) is 0.834. The van der Waals surface area contributed by atoms with Gasteiger partial charge in [0.25, 0.3) is 5.91 Å². The summed E-state index contributed by atoms with van der Waals surface area (Å²) in [5.41, 5.74) is 2.15. The Morgan fingerprint density at radius 2 is 1.96 bits per heavy atom. The molecule has 2 heterocycles. The summed E-state index contributed by atoms with van der Waals surface area (Å²) < 4.78 is 11.0. The average molecular weight is 343 g/mol. The summed E-state index contributed by atoms with van der Waals surface area (Å²) >= 11 is 0. The third kappa shape index (κ3) is 4.20. The van der Waals surface area contributed by atoms with Crippen LogP contribution in [0.2, 0.25) is 0 Å². The van der Waals surface area contributed by atoms with Gasteiger partial charge in [0.1, 0.15) is 11.5 Å². The third-order valence-corrected chi connectivity index (χ3v) is 4.67. The first-order valence-electron chi connectivity index (χ1n) is 8.68. The van der Waals surface area contributed by atoms with Crippen LogP contribution in [0.4, 0.5) is 0 Å². The summed E-state index contributed by atoms with van der Waals surface area (Å²) in [6.07, 6.45) is 1.29. The fourth-order valence-electron chi connectivity index (χ4n) is 3.02. The fourth-order valence-corrected chi connectivity index (χ4v) is 3.02. The molecule has 0 radical (unpaired) electrons. The molecule has 134 valence electrons. The van der Waals surface area contributed by atoms with Crippen LogP contribution in [0.15, 0.2) is 35.0 Å². The third-order valence-electron chi connectivity index (χ3n) is 4.67. The van der Waals surface area contributed by atoms with Crippen molar-refractivity contribution in [1.29, 1.82) is 0 Å². The minimum absolute atomic E-state index is 0.0454. The van der Waals surface area contributed by atoms with Gasteiger partial charge in [-0.1, -0.05) is 23.4 Å². The number of para-hydroxylation sites is 1. The van der Waals surface area contributed by atoms with Crippen LogP contribution in [0.1, 0.15) is 23.8 Å². The molecule has 0 unspecified atom stereocenters. The van der Waals surface area contributed by atoms with Gasteiger partial charge in [-0.15, -0.1) is 0 Å². The summed E-state index contributed by atoms with van der Waals surface area (Å²) in [6.45, 7) is 9.65. The number of carbonyl (C=O) groups excluding carboxylic acids is 1. The summed E-state index contributed by atoms with van der Waals surface area (Å²) in [4.78, 5) is 16.9. The first kappa shape index (κ1) is 17.5. The molecule has 1 aromatic heterocycles. The zero-order valence-electron chi connectivity index (χ0n) is 15.1. The van der Waals surface area contributed by atoms with E-state index in [2.05, 4.69) is 10.1 Å². The van der Waals surface area contributed by atoms with Crippen LogP contribution in [0, 0.1) is 13.8 Å². The second kappa shape index (κ2) is 7.70. The van der Waals surface area contributed by atoms with Gasteiger partial charge in [-0.05, 0) is 32.4 Å². The van der Waals surface area contributed by atoms with Crippen molar-refractivity contribution >= 4 is 5.91 Å². The van der Waals surface area contributed by atoms with Crippen molar-refractivity contribution in [2.45, 2.75) is 33.4 Å². The zero-order valence-corrected chi connectivity index (χ0v) is 15.1. The number of rotatable bonds is 5. The number of aryl methyl sites for hydroxylation is 2. The smallest absolute Gasteiger partial charge is 0.263 e. The van der Waals surface area contributed by atoms with Crippen LogP contribution in [-0.4, -0.2) is 53.1 Å². The van der Waals surface area contributed by atoms with Gasteiger partial charge in [0.05, 0.1) is 6.20 Å². The highest BCUT2D eigenvalue weighted by atomic mass is 16.5. The minimum atomic E-state index is -0.479. The van der Waals surface area contributed by atoms with Crippen molar-refractivity contribution in [3.8, 4) is 5.75 Å². The molecule has 0 bridgehead atoms. The average Bonchev–Trinajstić information content (AvgIpc) is 3.02. The molecule has 1 atom stereocenters. The van der Waals surface area contributed by atoms with E-state index in [1.807, 2.05) is 49.9 Å². The molecule has 3 rings (SSSR count). The molecule has 0 N–H and O–H groups in total. The molecule has 0 aliphatic carbocycles. The van der Waals surface area contributed by atoms with Crippen molar-refractivity contribution in [1.82, 2.24) is 15.0 Å². The first-order chi connectivity index (χ1) is 12.0. The number of hydrogen-bond acceptors (Lipinski definition) is 5. The number of piperazine rings is 1. The van der Waals surface area contributed by atoms with Gasteiger partial charge in [0, 0.05) is 38.3 Å². The van der Waals surface area contributed by atoms with Crippen LogP contribution in [-0.2, 0) is 11.3 Å². The lowest BCUT2D eigenvalue weighted by Crippen LogP contribution is -2.51. The molecule has 1 amide bonds. The van der Waals surface area contributed by atoms with Crippen molar-refractivity contribution in [3.05, 3.63) is 47.3 Å². The Kier molecular flexibility index (Phi) is 5.38. The maximum Gasteiger partial charge on any atom is 0.263 e. The Hall–Kier alpha value is -2.34. The lowest BCUT2D eigenvalue weighted by Gasteiger charge is -2.35. The van der Waals surface area contributed by atoms with E-state index in [9.17, 15) is 4.79 Å². The van der Waals surface area contributed by atoms with Crippen LogP contribution in [0.5, 0.6) is 5.75 Å². The topological polar surface area (TPSA) is 58.8 Å². The SMILES string of the molecule is Cc1ccccc1O[C@H](C)C(=O)N1CCN(Cc2cnoc2C)CC1. The normalized spacial score (nSPS) is 16.7. The number of amides is 1. The molecule has 0 saturated carbocycles. The van der Waals surface area contributed by atoms with E-state index in [4.69, 9.17) is 9.26 Å². The highest BCUT2D eigenvalue weighted by Crippen LogP contribution is 2.19. The van der Waals surface area contributed by atoms with Crippen molar-refractivity contribution in [2.24, 2.45) is 0 Å². The summed E-state index contributed by atoms with van der Waals surface area (Å²) in [6, 6.07) is 7.77. The van der Waals surface area contributed by atoms with E-state index in [0.717, 1.165) is 42.3 Å². The second-order valence-electron chi connectivity index (χ2n) is 6.53. The summed E-state index contributed by atoms with van der Waals surface area (Å²) in [5, 5.41) is 3.82. The molecule has 0 spiro atoms. The first-order valence-corrected chi connectivity index (χ1v) is 8.68. The highest BCUT2D eigenvalue weighted by Gasteiger charge is 2.26. The number of hydrogen-bond donors (Lipinski definition) is 0. The van der Waals surface area contributed by atoms with Gasteiger partial charge in [-0.2, -0.15) is 0 Å². The zero-order chi connectivity index (χ0) is 17.8. The van der Waals surface area contributed by atoms with Crippen molar-refractivity contribution in [2.75, 3.05) is 26.2 Å². The lowest BCUT2D eigenvalue weighted by atomic mass is 10.2. The Bertz CT molecular complexity index is 720. The van der Waals surface area contributed by atoms with E-state index < -0.39 is 6.10 Å². The highest BCUT2D eigenvalue weighted by molar-refractivity contribution is 5.81. The lowest BCUT2D eigenvalue weighted by molar-refractivity contribution is -0.139. The van der Waals surface area contributed by atoms with E-state index in [-0.39, 0.29) is 5.91 Å². The number of nitrogens with zero attached hydrogens (tertiary/aromatic N) is 3. The maximum absolute atomic E-state index is 12.6. The summed E-state index contributed by atoms with van der Waals surface area (Å²) in [5.74, 6) is 1.67.